The van der Waals surface area contributed by atoms with Crippen LogP contribution in [0.5, 0.6) is 0 Å². The quantitative estimate of drug-likeness (QED) is 0.799. The lowest BCUT2D eigenvalue weighted by molar-refractivity contribution is 0.274. The molecule has 0 saturated carbocycles. The van der Waals surface area contributed by atoms with Crippen molar-refractivity contribution in [3.05, 3.63) is 34.7 Å². The van der Waals surface area contributed by atoms with E-state index in [1.165, 1.54) is 20.5 Å². The van der Waals surface area contributed by atoms with Gasteiger partial charge in [0.25, 0.3) is 0 Å². The smallest absolute Gasteiger partial charge is 0.0504 e. The Hall–Kier alpha value is -0.860. The van der Waals surface area contributed by atoms with Crippen molar-refractivity contribution >= 4 is 21.4 Å². The second-order valence-corrected chi connectivity index (χ2v) is 4.83. The number of aliphatic hydroxyl groups is 1. The Labute approximate surface area is 88.0 Å². The van der Waals surface area contributed by atoms with Crippen molar-refractivity contribution < 1.29 is 5.11 Å². The third-order valence-corrected chi connectivity index (χ3v) is 3.89. The molecule has 0 spiro atoms. The Morgan fingerprint density at radius 2 is 2.21 bits per heavy atom. The molecule has 74 valence electrons. The normalized spacial score (nSPS) is 13.4. The van der Waals surface area contributed by atoms with Crippen molar-refractivity contribution in [2.75, 3.05) is 6.61 Å². The van der Waals surface area contributed by atoms with E-state index in [0.717, 1.165) is 0 Å². The Kier molecular flexibility index (Phi) is 2.57. The van der Waals surface area contributed by atoms with Crippen LogP contribution < -0.4 is 0 Å². The molecular weight excluding hydrogens is 192 g/mol. The minimum Gasteiger partial charge on any atom is -0.396 e. The standard InChI is InChI=1S/C12H14OS/c1-8-4-3-5-11-10(8)6-12(14-11)9(2)7-13/h3-6,9,13H,7H2,1-2H3. The summed E-state index contributed by atoms with van der Waals surface area (Å²) in [6, 6.07) is 8.56. The Morgan fingerprint density at radius 3 is 2.86 bits per heavy atom. The second-order valence-electron chi connectivity index (χ2n) is 3.72. The van der Waals surface area contributed by atoms with Gasteiger partial charge in [0, 0.05) is 15.5 Å². The molecule has 0 fully saturated rings. The number of benzene rings is 1. The maximum absolute atomic E-state index is 9.09. The molecule has 0 radical (unpaired) electrons. The molecule has 1 atom stereocenters. The van der Waals surface area contributed by atoms with Crippen LogP contribution in [-0.4, -0.2) is 11.7 Å². The fraction of sp³-hybridized carbons (Fsp3) is 0.333. The topological polar surface area (TPSA) is 20.2 Å². The molecule has 0 aliphatic carbocycles. The fourth-order valence-corrected chi connectivity index (χ4v) is 2.74. The summed E-state index contributed by atoms with van der Waals surface area (Å²) in [7, 11) is 0. The highest BCUT2D eigenvalue weighted by Crippen LogP contribution is 2.32. The van der Waals surface area contributed by atoms with Crippen LogP contribution in [0.25, 0.3) is 10.1 Å². The zero-order valence-corrected chi connectivity index (χ0v) is 9.27. The van der Waals surface area contributed by atoms with E-state index >= 15 is 0 Å². The van der Waals surface area contributed by atoms with Crippen LogP contribution in [0.4, 0.5) is 0 Å². The van der Waals surface area contributed by atoms with Gasteiger partial charge in [0.15, 0.2) is 0 Å². The monoisotopic (exact) mass is 206 g/mol. The molecule has 2 heteroatoms. The molecule has 1 unspecified atom stereocenters. The minimum absolute atomic E-state index is 0.228. The number of aryl methyl sites for hydroxylation is 1. The van der Waals surface area contributed by atoms with E-state index in [0.29, 0.717) is 0 Å². The molecule has 2 rings (SSSR count). The fourth-order valence-electron chi connectivity index (χ4n) is 1.56. The van der Waals surface area contributed by atoms with Gasteiger partial charge in [0.1, 0.15) is 0 Å². The number of hydrogen-bond donors (Lipinski definition) is 1. The van der Waals surface area contributed by atoms with Crippen LogP contribution in [0.15, 0.2) is 24.3 Å². The van der Waals surface area contributed by atoms with Crippen molar-refractivity contribution in [3.63, 3.8) is 0 Å². The molecule has 2 aromatic rings. The van der Waals surface area contributed by atoms with Gasteiger partial charge in [-0.1, -0.05) is 19.1 Å². The van der Waals surface area contributed by atoms with E-state index in [4.69, 9.17) is 5.11 Å². The molecule has 1 aromatic heterocycles. The van der Waals surface area contributed by atoms with Crippen LogP contribution in [-0.2, 0) is 0 Å². The first-order valence-corrected chi connectivity index (χ1v) is 5.64. The van der Waals surface area contributed by atoms with Crippen molar-refractivity contribution in [1.82, 2.24) is 0 Å². The largest absolute Gasteiger partial charge is 0.396 e. The van der Waals surface area contributed by atoms with Gasteiger partial charge in [-0.05, 0) is 30.0 Å². The Balaban J connectivity index is 2.56. The predicted molar refractivity (Wildman–Crippen MR) is 62.1 cm³/mol. The summed E-state index contributed by atoms with van der Waals surface area (Å²) in [4.78, 5) is 1.27. The van der Waals surface area contributed by atoms with Crippen molar-refractivity contribution in [1.29, 1.82) is 0 Å². The summed E-state index contributed by atoms with van der Waals surface area (Å²) < 4.78 is 1.32. The highest BCUT2D eigenvalue weighted by molar-refractivity contribution is 7.19. The highest BCUT2D eigenvalue weighted by Gasteiger charge is 2.09. The van der Waals surface area contributed by atoms with Gasteiger partial charge in [-0.25, -0.2) is 0 Å². The van der Waals surface area contributed by atoms with Crippen LogP contribution >= 0.6 is 11.3 Å². The molecule has 0 amide bonds. The highest BCUT2D eigenvalue weighted by atomic mass is 32.1. The minimum atomic E-state index is 0.228. The SMILES string of the molecule is Cc1cccc2sc(C(C)CO)cc12. The zero-order chi connectivity index (χ0) is 10.1. The first-order chi connectivity index (χ1) is 6.72. The predicted octanol–water partition coefficient (Wildman–Crippen LogP) is 3.31. The molecule has 1 N–H and O–H groups in total. The van der Waals surface area contributed by atoms with E-state index < -0.39 is 0 Å². The number of hydrogen-bond acceptors (Lipinski definition) is 2. The lowest BCUT2D eigenvalue weighted by atomic mass is 10.1. The number of thiophene rings is 1. The molecule has 1 nitrogen and oxygen atoms in total. The summed E-state index contributed by atoms with van der Waals surface area (Å²) in [6.07, 6.45) is 0. The molecule has 0 aliphatic rings. The van der Waals surface area contributed by atoms with E-state index in [2.05, 4.69) is 38.1 Å². The van der Waals surface area contributed by atoms with E-state index in [1.54, 1.807) is 11.3 Å². The zero-order valence-electron chi connectivity index (χ0n) is 8.45. The maximum Gasteiger partial charge on any atom is 0.0504 e. The molecule has 14 heavy (non-hydrogen) atoms. The molecule has 1 heterocycles. The summed E-state index contributed by atoms with van der Waals surface area (Å²) in [5.74, 6) is 0.256. The first-order valence-electron chi connectivity index (χ1n) is 4.82. The van der Waals surface area contributed by atoms with Gasteiger partial charge in [-0.2, -0.15) is 0 Å². The average Bonchev–Trinajstić information content (AvgIpc) is 2.62. The summed E-state index contributed by atoms with van der Waals surface area (Å²) in [5, 5.41) is 10.4. The van der Waals surface area contributed by atoms with E-state index in [-0.39, 0.29) is 12.5 Å². The average molecular weight is 206 g/mol. The lowest BCUT2D eigenvalue weighted by Crippen LogP contribution is -1.94. The van der Waals surface area contributed by atoms with Gasteiger partial charge < -0.3 is 5.11 Å². The number of rotatable bonds is 2. The van der Waals surface area contributed by atoms with Gasteiger partial charge in [0.05, 0.1) is 6.61 Å². The van der Waals surface area contributed by atoms with Crippen LogP contribution in [0.1, 0.15) is 23.3 Å². The van der Waals surface area contributed by atoms with Crippen LogP contribution in [0.3, 0.4) is 0 Å². The summed E-state index contributed by atoms with van der Waals surface area (Å²) in [5.41, 5.74) is 1.31. The van der Waals surface area contributed by atoms with E-state index in [1.807, 2.05) is 0 Å². The second kappa shape index (κ2) is 3.71. The lowest BCUT2D eigenvalue weighted by Gasteiger charge is -2.01. The molecular formula is C12H14OS. The molecule has 0 bridgehead atoms. The van der Waals surface area contributed by atoms with Gasteiger partial charge in [-0.15, -0.1) is 11.3 Å². The number of fused-ring (bicyclic) bond motifs is 1. The number of aliphatic hydroxyl groups excluding tert-OH is 1. The molecule has 0 saturated heterocycles. The Morgan fingerprint density at radius 1 is 1.43 bits per heavy atom. The van der Waals surface area contributed by atoms with Crippen molar-refractivity contribution in [3.8, 4) is 0 Å². The molecule has 1 aromatic carbocycles. The third-order valence-electron chi connectivity index (χ3n) is 2.56. The molecule has 0 aliphatic heterocycles. The van der Waals surface area contributed by atoms with Crippen molar-refractivity contribution in [2.45, 2.75) is 19.8 Å². The van der Waals surface area contributed by atoms with Crippen LogP contribution in [0, 0.1) is 6.92 Å². The van der Waals surface area contributed by atoms with Gasteiger partial charge >= 0.3 is 0 Å². The first kappa shape index (κ1) is 9.69. The van der Waals surface area contributed by atoms with Crippen molar-refractivity contribution in [2.24, 2.45) is 0 Å². The Bertz CT molecular complexity index is 445. The van der Waals surface area contributed by atoms with Gasteiger partial charge in [-0.3, -0.25) is 0 Å². The third kappa shape index (κ3) is 1.56. The van der Waals surface area contributed by atoms with Gasteiger partial charge in [0.2, 0.25) is 0 Å². The summed E-state index contributed by atoms with van der Waals surface area (Å²) >= 11 is 1.78. The van der Waals surface area contributed by atoms with Crippen LogP contribution in [0.2, 0.25) is 0 Å². The maximum atomic E-state index is 9.09. The summed E-state index contributed by atoms with van der Waals surface area (Å²) in [6.45, 7) is 4.41. The van der Waals surface area contributed by atoms with E-state index in [9.17, 15) is 0 Å².